The molecule has 1 aliphatic heterocycles. The molecule has 1 N–H and O–H groups in total. The second kappa shape index (κ2) is 3.55. The first kappa shape index (κ1) is 9.70. The number of carbonyl (C=O) groups excluding carboxylic acids is 1. The highest BCUT2D eigenvalue weighted by Gasteiger charge is 2.27. The number of nitrogens with zero attached hydrogens (tertiary/aromatic N) is 2. The smallest absolute Gasteiger partial charge is 0.352 e. The number of carboxylic acid groups (broad SMARTS) is 1. The summed E-state index contributed by atoms with van der Waals surface area (Å²) in [5, 5.41) is 13.5. The molecule has 0 aromatic heterocycles. The van der Waals surface area contributed by atoms with Gasteiger partial charge in [0.1, 0.15) is 0 Å². The van der Waals surface area contributed by atoms with Gasteiger partial charge < -0.3 is 5.11 Å². The fraction of sp³-hybridized carbons (Fsp3) is 0.625. The molecular formula is C8H12N2O3. The summed E-state index contributed by atoms with van der Waals surface area (Å²) in [4.78, 5) is 21.6. The molecule has 0 saturated carbocycles. The molecule has 72 valence electrons. The van der Waals surface area contributed by atoms with Gasteiger partial charge >= 0.3 is 5.97 Å². The third-order valence-corrected chi connectivity index (χ3v) is 1.63. The predicted molar refractivity (Wildman–Crippen MR) is 46.2 cm³/mol. The molecule has 0 atom stereocenters. The van der Waals surface area contributed by atoms with E-state index in [1.54, 1.807) is 0 Å². The highest BCUT2D eigenvalue weighted by Crippen LogP contribution is 2.10. The second-order valence-corrected chi connectivity index (χ2v) is 3.40. The fourth-order valence-electron chi connectivity index (χ4n) is 1.08. The number of carbonyl (C=O) groups is 2. The lowest BCUT2D eigenvalue weighted by Crippen LogP contribution is -2.24. The highest BCUT2D eigenvalue weighted by atomic mass is 16.4. The van der Waals surface area contributed by atoms with Crippen LogP contribution in [0.1, 0.15) is 20.3 Å². The van der Waals surface area contributed by atoms with Crippen LogP contribution >= 0.6 is 0 Å². The van der Waals surface area contributed by atoms with Gasteiger partial charge in [0.15, 0.2) is 5.71 Å². The monoisotopic (exact) mass is 184 g/mol. The third kappa shape index (κ3) is 2.27. The molecule has 0 saturated heterocycles. The van der Waals surface area contributed by atoms with Crippen LogP contribution in [0, 0.1) is 5.92 Å². The van der Waals surface area contributed by atoms with E-state index >= 15 is 0 Å². The number of carboxylic acids is 1. The minimum absolute atomic E-state index is 0.0642. The van der Waals surface area contributed by atoms with Gasteiger partial charge in [-0.1, -0.05) is 13.8 Å². The molecule has 0 aliphatic carbocycles. The van der Waals surface area contributed by atoms with Crippen molar-refractivity contribution in [3.63, 3.8) is 0 Å². The average molecular weight is 184 g/mol. The maximum atomic E-state index is 11.2. The van der Waals surface area contributed by atoms with Gasteiger partial charge in [-0.2, -0.15) is 5.10 Å². The van der Waals surface area contributed by atoms with Gasteiger partial charge in [-0.3, -0.25) is 4.79 Å². The Balaban J connectivity index is 2.67. The lowest BCUT2D eigenvalue weighted by molar-refractivity contribution is -0.131. The van der Waals surface area contributed by atoms with Gasteiger partial charge in [-0.15, -0.1) is 0 Å². The molecule has 0 fully saturated rings. The Morgan fingerprint density at radius 3 is 2.69 bits per heavy atom. The summed E-state index contributed by atoms with van der Waals surface area (Å²) in [6.07, 6.45) is -0.0813. The highest BCUT2D eigenvalue weighted by molar-refractivity contribution is 6.40. The Hall–Kier alpha value is -1.39. The van der Waals surface area contributed by atoms with Crippen molar-refractivity contribution >= 4 is 17.6 Å². The molecule has 0 unspecified atom stereocenters. The van der Waals surface area contributed by atoms with E-state index in [9.17, 15) is 9.59 Å². The van der Waals surface area contributed by atoms with Crippen LogP contribution in [0.2, 0.25) is 0 Å². The number of amides is 1. The zero-order valence-electron chi connectivity index (χ0n) is 7.65. The van der Waals surface area contributed by atoms with E-state index in [0.717, 1.165) is 0 Å². The van der Waals surface area contributed by atoms with E-state index in [-0.39, 0.29) is 18.0 Å². The minimum Gasteiger partial charge on any atom is -0.477 e. The molecule has 1 rings (SSSR count). The van der Waals surface area contributed by atoms with Crippen LogP contribution in [0.4, 0.5) is 0 Å². The van der Waals surface area contributed by atoms with Gasteiger partial charge in [0.2, 0.25) is 5.91 Å². The van der Waals surface area contributed by atoms with Gasteiger partial charge in [-0.25, -0.2) is 9.80 Å². The maximum Gasteiger partial charge on any atom is 0.352 e. The van der Waals surface area contributed by atoms with E-state index in [0.29, 0.717) is 12.5 Å². The van der Waals surface area contributed by atoms with Crippen molar-refractivity contribution in [3.8, 4) is 0 Å². The third-order valence-electron chi connectivity index (χ3n) is 1.63. The Labute approximate surface area is 76.0 Å². The first-order valence-corrected chi connectivity index (χ1v) is 4.12. The molecular weight excluding hydrogens is 172 g/mol. The van der Waals surface area contributed by atoms with Gasteiger partial charge in [0.25, 0.3) is 0 Å². The molecule has 1 amide bonds. The van der Waals surface area contributed by atoms with Crippen molar-refractivity contribution in [1.82, 2.24) is 5.01 Å². The Morgan fingerprint density at radius 1 is 1.69 bits per heavy atom. The van der Waals surface area contributed by atoms with Crippen molar-refractivity contribution in [1.29, 1.82) is 0 Å². The zero-order valence-corrected chi connectivity index (χ0v) is 7.65. The molecule has 0 aromatic rings. The van der Waals surface area contributed by atoms with Crippen LogP contribution in [-0.2, 0) is 9.59 Å². The lowest BCUT2D eigenvalue weighted by atomic mass is 10.2. The first-order chi connectivity index (χ1) is 6.00. The van der Waals surface area contributed by atoms with Crippen LogP contribution in [0.25, 0.3) is 0 Å². The van der Waals surface area contributed by atoms with Crippen molar-refractivity contribution in [3.05, 3.63) is 0 Å². The minimum atomic E-state index is -1.11. The van der Waals surface area contributed by atoms with Gasteiger partial charge in [-0.05, 0) is 5.92 Å². The molecule has 5 nitrogen and oxygen atoms in total. The Kier molecular flexibility index (Phi) is 2.65. The summed E-state index contributed by atoms with van der Waals surface area (Å²) in [6, 6.07) is 0. The van der Waals surface area contributed by atoms with E-state index < -0.39 is 5.97 Å². The largest absolute Gasteiger partial charge is 0.477 e. The van der Waals surface area contributed by atoms with E-state index in [1.165, 1.54) is 5.01 Å². The molecule has 1 aliphatic rings. The predicted octanol–water partition coefficient (Wildman–Crippen LogP) is 0.315. The van der Waals surface area contributed by atoms with Gasteiger partial charge in [0, 0.05) is 6.54 Å². The Bertz CT molecular complexity index is 271. The Morgan fingerprint density at radius 2 is 2.31 bits per heavy atom. The first-order valence-electron chi connectivity index (χ1n) is 4.12. The number of hydrogen-bond acceptors (Lipinski definition) is 3. The van der Waals surface area contributed by atoms with Crippen molar-refractivity contribution in [2.24, 2.45) is 11.0 Å². The summed E-state index contributed by atoms with van der Waals surface area (Å²) in [5.74, 6) is -1.05. The molecule has 0 aromatic carbocycles. The van der Waals surface area contributed by atoms with E-state index in [4.69, 9.17) is 5.11 Å². The van der Waals surface area contributed by atoms with Crippen molar-refractivity contribution in [2.45, 2.75) is 20.3 Å². The number of hydrogen-bond donors (Lipinski definition) is 1. The lowest BCUT2D eigenvalue weighted by Gasteiger charge is -2.13. The molecule has 13 heavy (non-hydrogen) atoms. The standard InChI is InChI=1S/C8H12N2O3/c1-5(2)4-10-7(11)3-6(9-10)8(12)13/h5H,3-4H2,1-2H3,(H,12,13). The summed E-state index contributed by atoms with van der Waals surface area (Å²) in [5.41, 5.74) is -0.0642. The van der Waals surface area contributed by atoms with E-state index in [2.05, 4.69) is 5.10 Å². The summed E-state index contributed by atoms with van der Waals surface area (Å²) in [6.45, 7) is 4.37. The number of hydrazone groups is 1. The van der Waals surface area contributed by atoms with Crippen LogP contribution in [0.5, 0.6) is 0 Å². The van der Waals surface area contributed by atoms with Crippen LogP contribution < -0.4 is 0 Å². The molecule has 0 radical (unpaired) electrons. The second-order valence-electron chi connectivity index (χ2n) is 3.40. The molecule has 0 bridgehead atoms. The fourth-order valence-corrected chi connectivity index (χ4v) is 1.08. The number of rotatable bonds is 3. The van der Waals surface area contributed by atoms with Crippen molar-refractivity contribution in [2.75, 3.05) is 6.54 Å². The van der Waals surface area contributed by atoms with Crippen molar-refractivity contribution < 1.29 is 14.7 Å². The van der Waals surface area contributed by atoms with Gasteiger partial charge in [0.05, 0.1) is 6.42 Å². The summed E-state index contributed by atoms with van der Waals surface area (Å²) < 4.78 is 0. The topological polar surface area (TPSA) is 70.0 Å². The van der Waals surface area contributed by atoms with Crippen LogP contribution in [0.3, 0.4) is 0 Å². The quantitative estimate of drug-likeness (QED) is 0.686. The van der Waals surface area contributed by atoms with Crippen LogP contribution in [0.15, 0.2) is 5.10 Å². The maximum absolute atomic E-state index is 11.2. The molecule has 0 spiro atoms. The molecule has 1 heterocycles. The SMILES string of the molecule is CC(C)CN1N=C(C(=O)O)CC1=O. The zero-order chi connectivity index (χ0) is 10.0. The summed E-state index contributed by atoms with van der Waals surface area (Å²) in [7, 11) is 0. The number of aliphatic carboxylic acids is 1. The molecule has 5 heteroatoms. The normalized spacial score (nSPS) is 16.7. The van der Waals surface area contributed by atoms with Crippen LogP contribution in [-0.4, -0.2) is 34.2 Å². The average Bonchev–Trinajstić information content (AvgIpc) is 2.31. The van der Waals surface area contributed by atoms with E-state index in [1.807, 2.05) is 13.8 Å². The summed E-state index contributed by atoms with van der Waals surface area (Å²) >= 11 is 0.